The van der Waals surface area contributed by atoms with Crippen LogP contribution in [-0.2, 0) is 12.8 Å². The monoisotopic (exact) mass is 656 g/mol. The van der Waals surface area contributed by atoms with E-state index in [1.54, 1.807) is 0 Å². The second kappa shape index (κ2) is 14.1. The summed E-state index contributed by atoms with van der Waals surface area (Å²) in [5.74, 6) is 0.201. The molecule has 8 rings (SSSR count). The number of hydrogen-bond acceptors (Lipinski definition) is 6. The number of carbonyl (C=O) groups excluding carboxylic acids is 2. The smallest absolute Gasteiger partial charge is 0.258 e. The summed E-state index contributed by atoms with van der Waals surface area (Å²) in [5.41, 5.74) is 22.9. The van der Waals surface area contributed by atoms with Gasteiger partial charge in [-0.25, -0.2) is 0 Å². The van der Waals surface area contributed by atoms with Crippen LogP contribution < -0.4 is 31.1 Å². The summed E-state index contributed by atoms with van der Waals surface area (Å²) < 4.78 is 0. The maximum atomic E-state index is 13.0. The van der Waals surface area contributed by atoms with E-state index in [0.717, 1.165) is 105 Å². The van der Waals surface area contributed by atoms with Crippen molar-refractivity contribution in [2.75, 3.05) is 58.9 Å². The number of benzene rings is 4. The van der Waals surface area contributed by atoms with E-state index in [4.69, 9.17) is 11.5 Å². The number of carbonyl (C=O) groups is 2. The molecule has 49 heavy (non-hydrogen) atoms. The van der Waals surface area contributed by atoms with E-state index in [-0.39, 0.29) is 23.9 Å². The molecule has 2 unspecified atom stereocenters. The van der Waals surface area contributed by atoms with E-state index >= 15 is 0 Å². The van der Waals surface area contributed by atoms with Gasteiger partial charge in [-0.2, -0.15) is 0 Å². The predicted molar refractivity (Wildman–Crippen MR) is 200 cm³/mol. The molecule has 0 aliphatic carbocycles. The summed E-state index contributed by atoms with van der Waals surface area (Å²) in [6.45, 7) is 9.42. The molecule has 4 N–H and O–H groups in total. The number of anilines is 4. The molecular formula is C41H48N6O2. The third-order valence-corrected chi connectivity index (χ3v) is 10.6. The highest BCUT2D eigenvalue weighted by molar-refractivity contribution is 6.09. The summed E-state index contributed by atoms with van der Waals surface area (Å²) in [4.78, 5) is 34.4. The molecule has 0 aromatic heterocycles. The Labute approximate surface area is 290 Å². The number of rotatable bonds is 4. The van der Waals surface area contributed by atoms with Gasteiger partial charge >= 0.3 is 0 Å². The molecule has 254 valence electrons. The molecule has 4 aliphatic heterocycles. The normalized spacial score (nSPS) is 19.8. The molecular weight excluding hydrogens is 608 g/mol. The predicted octanol–water partition coefficient (Wildman–Crippen LogP) is 5.86. The molecule has 4 aromatic carbocycles. The number of nitrogens with zero attached hydrogens (tertiary/aromatic N) is 4. The van der Waals surface area contributed by atoms with E-state index in [0.29, 0.717) is 0 Å². The molecule has 4 aliphatic rings. The number of hydrogen-bond donors (Lipinski definition) is 2. The third kappa shape index (κ3) is 6.80. The number of fused-ring (bicyclic) bond motifs is 2. The first-order valence-corrected chi connectivity index (χ1v) is 17.8. The van der Waals surface area contributed by atoms with Crippen molar-refractivity contribution in [3.05, 3.63) is 118 Å². The Morgan fingerprint density at radius 3 is 1.53 bits per heavy atom. The molecule has 0 saturated carbocycles. The molecule has 2 saturated heterocycles. The maximum Gasteiger partial charge on any atom is 0.258 e. The first-order chi connectivity index (χ1) is 23.8. The van der Waals surface area contributed by atoms with E-state index in [1.165, 1.54) is 22.5 Å². The van der Waals surface area contributed by atoms with Crippen LogP contribution >= 0.6 is 0 Å². The fraction of sp³-hybridized carbons (Fsp3) is 0.366. The average Bonchev–Trinajstić information content (AvgIpc) is 3.86. The second-order valence-corrected chi connectivity index (χ2v) is 14.0. The Kier molecular flexibility index (Phi) is 9.43. The molecule has 2 fully saturated rings. The number of aryl methyl sites for hydroxylation is 2. The highest BCUT2D eigenvalue weighted by atomic mass is 16.2. The maximum absolute atomic E-state index is 13.0. The van der Waals surface area contributed by atoms with Crippen molar-refractivity contribution in [2.24, 2.45) is 11.5 Å². The topological polar surface area (TPSA) is 99.1 Å². The average molecular weight is 657 g/mol. The number of nitrogens with two attached hydrogens (primary N) is 2. The van der Waals surface area contributed by atoms with Crippen LogP contribution in [0.5, 0.6) is 0 Å². The van der Waals surface area contributed by atoms with Crippen molar-refractivity contribution in [3.63, 3.8) is 0 Å². The van der Waals surface area contributed by atoms with Gasteiger partial charge in [0.25, 0.3) is 11.8 Å². The van der Waals surface area contributed by atoms with Gasteiger partial charge in [-0.15, -0.1) is 0 Å². The summed E-state index contributed by atoms with van der Waals surface area (Å²) in [6.07, 6.45) is 5.15. The molecule has 0 radical (unpaired) electrons. The van der Waals surface area contributed by atoms with Crippen LogP contribution in [0.25, 0.3) is 0 Å². The van der Waals surface area contributed by atoms with Gasteiger partial charge < -0.3 is 31.1 Å². The van der Waals surface area contributed by atoms with Crippen LogP contribution in [0.2, 0.25) is 0 Å². The van der Waals surface area contributed by atoms with E-state index in [9.17, 15) is 9.59 Å². The van der Waals surface area contributed by atoms with Gasteiger partial charge in [0.1, 0.15) is 0 Å². The van der Waals surface area contributed by atoms with Crippen LogP contribution in [0.1, 0.15) is 62.2 Å². The van der Waals surface area contributed by atoms with E-state index in [2.05, 4.69) is 46.2 Å². The number of amides is 2. The summed E-state index contributed by atoms with van der Waals surface area (Å²) in [7, 11) is 0. The van der Waals surface area contributed by atoms with Crippen LogP contribution in [0, 0.1) is 13.8 Å². The van der Waals surface area contributed by atoms with Crippen molar-refractivity contribution in [2.45, 2.75) is 58.0 Å². The highest BCUT2D eigenvalue weighted by Crippen LogP contribution is 2.35. The van der Waals surface area contributed by atoms with Crippen molar-refractivity contribution < 1.29 is 9.59 Å². The van der Waals surface area contributed by atoms with Crippen LogP contribution in [0.15, 0.2) is 84.9 Å². The lowest BCUT2D eigenvalue weighted by molar-refractivity contribution is 0.0981. The first kappa shape index (κ1) is 32.9. The van der Waals surface area contributed by atoms with Gasteiger partial charge in [0.2, 0.25) is 0 Å². The molecule has 0 spiro atoms. The molecule has 4 aromatic rings. The lowest BCUT2D eigenvalue weighted by atomic mass is 10.0. The van der Waals surface area contributed by atoms with Crippen LogP contribution in [0.3, 0.4) is 0 Å². The van der Waals surface area contributed by atoms with Gasteiger partial charge in [-0.1, -0.05) is 36.4 Å². The fourth-order valence-electron chi connectivity index (χ4n) is 7.77. The Bertz CT molecular complexity index is 1860. The van der Waals surface area contributed by atoms with Gasteiger partial charge in [-0.3, -0.25) is 9.59 Å². The summed E-state index contributed by atoms with van der Waals surface area (Å²) in [5, 5.41) is 0. The Hall–Kier alpha value is -4.66. The highest BCUT2D eigenvalue weighted by Gasteiger charge is 2.29. The van der Waals surface area contributed by atoms with Gasteiger partial charge in [0, 0.05) is 85.2 Å². The first-order valence-electron chi connectivity index (χ1n) is 17.8. The largest absolute Gasteiger partial charge is 0.370 e. The minimum absolute atomic E-state index is 0.0998. The zero-order chi connectivity index (χ0) is 34.1. The van der Waals surface area contributed by atoms with Gasteiger partial charge in [-0.05, 0) is 117 Å². The minimum Gasteiger partial charge on any atom is -0.370 e. The van der Waals surface area contributed by atoms with Gasteiger partial charge in [0.05, 0.1) is 0 Å². The SMILES string of the molecule is Cc1ccccc1C(=O)N1CCc2cc(N3CCC(N)C3)ccc21.Cc1ccccc1C(=O)N1CCc2cc(N3CCCC(N)C3)ccc21. The third-order valence-electron chi connectivity index (χ3n) is 10.6. The Morgan fingerprint density at radius 1 is 0.592 bits per heavy atom. The lowest BCUT2D eigenvalue weighted by Crippen LogP contribution is -2.42. The van der Waals surface area contributed by atoms with Crippen molar-refractivity contribution >= 4 is 34.6 Å². The standard InChI is InChI=1S/C21H25N3O.C20H23N3O/c1-15-5-2-3-7-19(15)21(25)24-12-10-16-13-18(8-9-20(16)24)23-11-4-6-17(22)14-23;1-14-4-2-3-5-18(14)20(24)23-11-8-15-12-17(6-7-19(15)23)22-10-9-16(21)13-22/h2-3,5,7-9,13,17H,4,6,10-12,14,22H2,1H3;2-7,12,16H,8-11,13,21H2,1H3. The van der Waals surface area contributed by atoms with Crippen molar-refractivity contribution in [1.82, 2.24) is 0 Å². The zero-order valence-corrected chi connectivity index (χ0v) is 28.8. The second-order valence-electron chi connectivity index (χ2n) is 14.0. The summed E-state index contributed by atoms with van der Waals surface area (Å²) in [6, 6.07) is 29.1. The molecule has 4 heterocycles. The lowest BCUT2D eigenvalue weighted by Gasteiger charge is -2.33. The Balaban J connectivity index is 0.000000154. The van der Waals surface area contributed by atoms with Crippen LogP contribution in [0.4, 0.5) is 22.7 Å². The van der Waals surface area contributed by atoms with Gasteiger partial charge in [0.15, 0.2) is 0 Å². The van der Waals surface area contributed by atoms with E-state index in [1.807, 2.05) is 72.2 Å². The zero-order valence-electron chi connectivity index (χ0n) is 28.8. The summed E-state index contributed by atoms with van der Waals surface area (Å²) >= 11 is 0. The molecule has 8 nitrogen and oxygen atoms in total. The molecule has 8 heteroatoms. The van der Waals surface area contributed by atoms with Crippen molar-refractivity contribution in [1.29, 1.82) is 0 Å². The number of piperidine rings is 1. The van der Waals surface area contributed by atoms with Crippen LogP contribution in [-0.4, -0.2) is 63.2 Å². The van der Waals surface area contributed by atoms with E-state index < -0.39 is 0 Å². The quantitative estimate of drug-likeness (QED) is 0.286. The molecule has 2 atom stereocenters. The molecule has 2 amide bonds. The van der Waals surface area contributed by atoms with Crippen molar-refractivity contribution in [3.8, 4) is 0 Å². The Morgan fingerprint density at radius 2 is 1.06 bits per heavy atom. The molecule has 0 bridgehead atoms. The minimum atomic E-state index is 0.0998. The fourth-order valence-corrected chi connectivity index (χ4v) is 7.77.